The molecule has 3 heterocycles. The molecule has 0 saturated heterocycles. The summed E-state index contributed by atoms with van der Waals surface area (Å²) >= 11 is 4.60. The van der Waals surface area contributed by atoms with Gasteiger partial charge in [-0.15, -0.1) is 32.9 Å². The van der Waals surface area contributed by atoms with Crippen LogP contribution in [0.5, 0.6) is 0 Å². The number of anilines is 1. The molecule has 0 atom stereocenters. The van der Waals surface area contributed by atoms with Crippen molar-refractivity contribution in [1.82, 2.24) is 14.8 Å². The molecular weight excluding hydrogens is 434 g/mol. The SMILES string of the molecule is Cc1cc(-c2nnc(SCC(=O)Nc3sc4c(c3C#N)CCCCCC4)n2C)cs1. The van der Waals surface area contributed by atoms with E-state index in [0.717, 1.165) is 42.6 Å². The Balaban J connectivity index is 1.43. The van der Waals surface area contributed by atoms with Gasteiger partial charge in [-0.1, -0.05) is 24.6 Å². The van der Waals surface area contributed by atoms with Crippen molar-refractivity contribution in [2.45, 2.75) is 50.6 Å². The highest BCUT2D eigenvalue weighted by Crippen LogP contribution is 2.36. The highest BCUT2D eigenvalue weighted by atomic mass is 32.2. The van der Waals surface area contributed by atoms with Gasteiger partial charge in [-0.2, -0.15) is 5.26 Å². The van der Waals surface area contributed by atoms with E-state index in [1.807, 2.05) is 11.6 Å². The van der Waals surface area contributed by atoms with E-state index in [-0.39, 0.29) is 11.7 Å². The van der Waals surface area contributed by atoms with Crippen LogP contribution in [0.1, 0.15) is 46.6 Å². The van der Waals surface area contributed by atoms with Crippen LogP contribution in [0, 0.1) is 18.3 Å². The van der Waals surface area contributed by atoms with Crippen molar-refractivity contribution in [2.75, 3.05) is 11.1 Å². The molecule has 30 heavy (non-hydrogen) atoms. The Bertz CT molecular complexity index is 1100. The minimum absolute atomic E-state index is 0.123. The molecule has 0 aromatic carbocycles. The zero-order chi connectivity index (χ0) is 21.1. The number of hydrogen-bond acceptors (Lipinski definition) is 7. The van der Waals surface area contributed by atoms with Crippen molar-refractivity contribution in [3.05, 3.63) is 32.3 Å². The van der Waals surface area contributed by atoms with Gasteiger partial charge in [0.1, 0.15) is 11.1 Å². The Morgan fingerprint density at radius 1 is 1.30 bits per heavy atom. The predicted octanol–water partition coefficient (Wildman–Crippen LogP) is 5.18. The number of amides is 1. The van der Waals surface area contributed by atoms with E-state index in [9.17, 15) is 10.1 Å². The number of nitriles is 1. The topological polar surface area (TPSA) is 83.6 Å². The quantitative estimate of drug-likeness (QED) is 0.534. The Morgan fingerprint density at radius 3 is 2.83 bits per heavy atom. The molecule has 1 aliphatic carbocycles. The van der Waals surface area contributed by atoms with E-state index >= 15 is 0 Å². The first kappa shape index (κ1) is 21.1. The lowest BCUT2D eigenvalue weighted by Gasteiger charge is -2.08. The first-order valence-corrected chi connectivity index (χ1v) is 12.7. The van der Waals surface area contributed by atoms with Gasteiger partial charge in [-0.3, -0.25) is 4.79 Å². The molecule has 4 rings (SSSR count). The molecule has 9 heteroatoms. The second kappa shape index (κ2) is 9.33. The monoisotopic (exact) mass is 457 g/mol. The summed E-state index contributed by atoms with van der Waals surface area (Å²) in [6, 6.07) is 4.41. The van der Waals surface area contributed by atoms with Crippen LogP contribution in [-0.2, 0) is 24.7 Å². The largest absolute Gasteiger partial charge is 0.316 e. The fourth-order valence-electron chi connectivity index (χ4n) is 3.67. The molecule has 0 saturated carbocycles. The van der Waals surface area contributed by atoms with Crippen LogP contribution in [0.25, 0.3) is 11.4 Å². The minimum atomic E-state index is -0.123. The zero-order valence-electron chi connectivity index (χ0n) is 17.0. The molecule has 1 aliphatic rings. The summed E-state index contributed by atoms with van der Waals surface area (Å²) < 4.78 is 1.91. The molecule has 0 fully saturated rings. The molecule has 0 spiro atoms. The lowest BCUT2D eigenvalue weighted by molar-refractivity contribution is -0.113. The van der Waals surface area contributed by atoms with Gasteiger partial charge in [0.25, 0.3) is 0 Å². The fourth-order valence-corrected chi connectivity index (χ4v) is 6.32. The number of thioether (sulfide) groups is 1. The van der Waals surface area contributed by atoms with Crippen LogP contribution in [-0.4, -0.2) is 26.4 Å². The maximum Gasteiger partial charge on any atom is 0.235 e. The predicted molar refractivity (Wildman–Crippen MR) is 123 cm³/mol. The fraction of sp³-hybridized carbons (Fsp3) is 0.429. The maximum atomic E-state index is 12.6. The van der Waals surface area contributed by atoms with E-state index in [1.165, 1.54) is 34.4 Å². The van der Waals surface area contributed by atoms with Gasteiger partial charge in [-0.25, -0.2) is 0 Å². The van der Waals surface area contributed by atoms with Gasteiger partial charge < -0.3 is 9.88 Å². The number of rotatable bonds is 5. The highest BCUT2D eigenvalue weighted by Gasteiger charge is 2.21. The molecule has 0 unspecified atom stereocenters. The van der Waals surface area contributed by atoms with Crippen LogP contribution in [0.2, 0.25) is 0 Å². The summed E-state index contributed by atoms with van der Waals surface area (Å²) in [5.74, 6) is 0.899. The number of nitrogens with zero attached hydrogens (tertiary/aromatic N) is 4. The molecule has 3 aromatic heterocycles. The summed E-state index contributed by atoms with van der Waals surface area (Å²) in [6.45, 7) is 2.06. The summed E-state index contributed by atoms with van der Waals surface area (Å²) in [5, 5.41) is 24.6. The maximum absolute atomic E-state index is 12.6. The second-order valence-corrected chi connectivity index (χ2v) is 10.5. The molecule has 1 N–H and O–H groups in total. The van der Waals surface area contributed by atoms with Crippen molar-refractivity contribution in [3.8, 4) is 17.5 Å². The van der Waals surface area contributed by atoms with Gasteiger partial charge in [-0.05, 0) is 44.2 Å². The normalized spacial score (nSPS) is 13.9. The van der Waals surface area contributed by atoms with Crippen LogP contribution < -0.4 is 5.32 Å². The number of fused-ring (bicyclic) bond motifs is 1. The third kappa shape index (κ3) is 4.46. The number of hydrogen-bond donors (Lipinski definition) is 1. The van der Waals surface area contributed by atoms with Crippen molar-refractivity contribution in [1.29, 1.82) is 5.26 Å². The lowest BCUT2D eigenvalue weighted by atomic mass is 9.97. The third-order valence-electron chi connectivity index (χ3n) is 5.19. The van der Waals surface area contributed by atoms with Gasteiger partial charge in [0.2, 0.25) is 5.91 Å². The number of carbonyl (C=O) groups excluding carboxylic acids is 1. The van der Waals surface area contributed by atoms with Gasteiger partial charge >= 0.3 is 0 Å². The van der Waals surface area contributed by atoms with E-state index in [4.69, 9.17) is 0 Å². The molecule has 156 valence electrons. The number of carbonyl (C=O) groups is 1. The highest BCUT2D eigenvalue weighted by molar-refractivity contribution is 7.99. The van der Waals surface area contributed by atoms with Crippen LogP contribution in [0.3, 0.4) is 0 Å². The standard InChI is InChI=1S/C21H23N5OS3/c1-13-9-14(11-28-13)19-24-25-21(26(19)2)29-12-18(27)23-20-16(10-22)15-7-5-3-4-6-8-17(15)30-20/h9,11H,3-8,12H2,1-2H3,(H,23,27). The van der Waals surface area contributed by atoms with E-state index in [2.05, 4.69) is 40.0 Å². The average molecular weight is 458 g/mol. The molecule has 3 aromatic rings. The van der Waals surface area contributed by atoms with Crippen molar-refractivity contribution in [2.24, 2.45) is 7.05 Å². The van der Waals surface area contributed by atoms with Gasteiger partial charge in [0.05, 0.1) is 11.3 Å². The first-order valence-electron chi connectivity index (χ1n) is 9.99. The van der Waals surface area contributed by atoms with Crippen molar-refractivity contribution < 1.29 is 4.79 Å². The Morgan fingerprint density at radius 2 is 2.10 bits per heavy atom. The number of thiophene rings is 2. The van der Waals surface area contributed by atoms with E-state index in [1.54, 1.807) is 22.7 Å². The van der Waals surface area contributed by atoms with Crippen LogP contribution in [0.15, 0.2) is 16.6 Å². The summed E-state index contributed by atoms with van der Waals surface area (Å²) in [4.78, 5) is 15.1. The molecule has 0 bridgehead atoms. The first-order chi connectivity index (χ1) is 14.6. The number of aromatic nitrogens is 3. The number of aryl methyl sites for hydroxylation is 2. The van der Waals surface area contributed by atoms with E-state index < -0.39 is 0 Å². The Labute approximate surface area is 188 Å². The van der Waals surface area contributed by atoms with Crippen molar-refractivity contribution >= 4 is 45.3 Å². The smallest absolute Gasteiger partial charge is 0.235 e. The van der Waals surface area contributed by atoms with E-state index in [0.29, 0.717) is 15.7 Å². The lowest BCUT2D eigenvalue weighted by Crippen LogP contribution is -2.14. The average Bonchev–Trinajstić information content (AvgIpc) is 3.38. The van der Waals surface area contributed by atoms with Gasteiger partial charge in [0.15, 0.2) is 11.0 Å². The third-order valence-corrected chi connectivity index (χ3v) is 8.28. The summed E-state index contributed by atoms with van der Waals surface area (Å²) in [5.41, 5.74) is 2.84. The molecule has 0 aliphatic heterocycles. The minimum Gasteiger partial charge on any atom is -0.316 e. The van der Waals surface area contributed by atoms with Gasteiger partial charge in [0, 0.05) is 27.7 Å². The van der Waals surface area contributed by atoms with Crippen molar-refractivity contribution in [3.63, 3.8) is 0 Å². The molecular formula is C21H23N5OS3. The second-order valence-electron chi connectivity index (χ2n) is 7.38. The Hall–Kier alpha value is -2.15. The molecule has 0 radical (unpaired) electrons. The molecule has 1 amide bonds. The zero-order valence-corrected chi connectivity index (χ0v) is 19.5. The molecule has 6 nitrogen and oxygen atoms in total. The summed E-state index contributed by atoms with van der Waals surface area (Å²) in [6.07, 6.45) is 6.65. The number of nitrogens with one attached hydrogen (secondary N) is 1. The van der Waals surface area contributed by atoms with Crippen LogP contribution >= 0.6 is 34.4 Å². The Kier molecular flexibility index (Phi) is 6.56. The van der Waals surface area contributed by atoms with Crippen LogP contribution in [0.4, 0.5) is 5.00 Å². The summed E-state index contributed by atoms with van der Waals surface area (Å²) in [7, 11) is 1.91.